The Bertz CT molecular complexity index is 134. The van der Waals surface area contributed by atoms with Crippen molar-refractivity contribution in [2.45, 2.75) is 58.3 Å². The molecule has 0 radical (unpaired) electrons. The molecule has 0 aliphatic heterocycles. The van der Waals surface area contributed by atoms with Crippen molar-refractivity contribution >= 4 is 10.2 Å². The molecule has 0 aromatic carbocycles. The van der Waals surface area contributed by atoms with Crippen molar-refractivity contribution in [2.24, 2.45) is 0 Å². The minimum absolute atomic E-state index is 1.25. The van der Waals surface area contributed by atoms with E-state index in [0.717, 1.165) is 0 Å². The molecule has 0 bridgehead atoms. The summed E-state index contributed by atoms with van der Waals surface area (Å²) >= 11 is 0. The molecule has 2 heteroatoms. The first-order valence-corrected chi connectivity index (χ1v) is 8.36. The van der Waals surface area contributed by atoms with Crippen molar-refractivity contribution in [3.8, 4) is 0 Å². The molecule has 0 N–H and O–H groups in total. The van der Waals surface area contributed by atoms with E-state index in [2.05, 4.69) is 21.0 Å². The topological polar surface area (TPSA) is 0 Å². The number of nitrogens with zero attached hydrogens (tertiary/aromatic N) is 1. The highest BCUT2D eigenvalue weighted by Gasteiger charge is 2.09. The van der Waals surface area contributed by atoms with Gasteiger partial charge in [0, 0.05) is 0 Å². The van der Waals surface area contributed by atoms with Crippen molar-refractivity contribution in [2.75, 3.05) is 26.8 Å². The fraction of sp³-hybridized carbons (Fsp3) is 1.00. The number of rotatable bonds is 10. The Labute approximate surface area is 100 Å². The van der Waals surface area contributed by atoms with Crippen LogP contribution < -0.4 is 0 Å². The molecule has 0 saturated carbocycles. The maximum atomic E-state index is 2.37. The average molecular weight is 230 g/mol. The van der Waals surface area contributed by atoms with Crippen LogP contribution in [-0.4, -0.2) is 41.5 Å². The van der Waals surface area contributed by atoms with Gasteiger partial charge in [-0.1, -0.05) is 45.4 Å². The molecule has 0 fully saturated rings. The van der Waals surface area contributed by atoms with E-state index in [1.807, 2.05) is 0 Å². The van der Waals surface area contributed by atoms with E-state index >= 15 is 0 Å². The predicted molar refractivity (Wildman–Crippen MR) is 74.4 cm³/mol. The lowest BCUT2D eigenvalue weighted by molar-refractivity contribution is -0.879. The van der Waals surface area contributed by atoms with Crippen LogP contribution in [0, 0.1) is 0 Å². The SMILES string of the molecule is CCCCCCCCCC[N+](C)(C)C[SiH3]. The van der Waals surface area contributed by atoms with Crippen LogP contribution >= 0.6 is 0 Å². The third kappa shape index (κ3) is 10.5. The number of hydrogen-bond acceptors (Lipinski definition) is 0. The van der Waals surface area contributed by atoms with Crippen LogP contribution in [-0.2, 0) is 0 Å². The van der Waals surface area contributed by atoms with Crippen LogP contribution in [0.4, 0.5) is 0 Å². The summed E-state index contributed by atoms with van der Waals surface area (Å²) in [6.45, 7) is 3.67. The zero-order valence-corrected chi connectivity index (χ0v) is 13.5. The smallest absolute Gasteiger partial charge is 0.0779 e. The molecule has 0 spiro atoms. The summed E-state index contributed by atoms with van der Waals surface area (Å²) in [4.78, 5) is 0. The second-order valence-corrected chi connectivity index (χ2v) is 6.08. The van der Waals surface area contributed by atoms with E-state index in [0.29, 0.717) is 0 Å². The van der Waals surface area contributed by atoms with Gasteiger partial charge in [0.1, 0.15) is 0 Å². The molecule has 0 aliphatic carbocycles. The van der Waals surface area contributed by atoms with Crippen molar-refractivity contribution in [1.82, 2.24) is 0 Å². The van der Waals surface area contributed by atoms with E-state index in [1.165, 1.54) is 78.8 Å². The molecule has 0 rings (SSSR count). The first kappa shape index (κ1) is 15.2. The van der Waals surface area contributed by atoms with Gasteiger partial charge in [0.05, 0.1) is 37.1 Å². The second-order valence-electron chi connectivity index (χ2n) is 5.45. The van der Waals surface area contributed by atoms with E-state index in [9.17, 15) is 0 Å². The summed E-state index contributed by atoms with van der Waals surface area (Å²) in [7, 11) is 6.08. The van der Waals surface area contributed by atoms with Crippen LogP contribution in [0.15, 0.2) is 0 Å². The molecule has 0 heterocycles. The molecule has 0 unspecified atom stereocenters. The predicted octanol–water partition coefficient (Wildman–Crippen LogP) is 2.53. The highest BCUT2D eigenvalue weighted by Crippen LogP contribution is 2.09. The monoisotopic (exact) mass is 230 g/mol. The largest absolute Gasteiger partial charge is 0.333 e. The minimum atomic E-state index is 1.25. The van der Waals surface area contributed by atoms with Gasteiger partial charge < -0.3 is 4.48 Å². The van der Waals surface area contributed by atoms with E-state index in [1.54, 1.807) is 0 Å². The molecular weight excluding hydrogens is 198 g/mol. The quantitative estimate of drug-likeness (QED) is 0.307. The van der Waals surface area contributed by atoms with Crippen molar-refractivity contribution in [3.63, 3.8) is 0 Å². The van der Waals surface area contributed by atoms with E-state index in [4.69, 9.17) is 0 Å². The van der Waals surface area contributed by atoms with Gasteiger partial charge in [0.25, 0.3) is 0 Å². The van der Waals surface area contributed by atoms with Crippen molar-refractivity contribution in [1.29, 1.82) is 0 Å². The lowest BCUT2D eigenvalue weighted by Crippen LogP contribution is -2.41. The van der Waals surface area contributed by atoms with Gasteiger partial charge in [-0.3, -0.25) is 0 Å². The molecule has 0 amide bonds. The lowest BCUT2D eigenvalue weighted by Gasteiger charge is -2.28. The average Bonchev–Trinajstić information content (AvgIpc) is 2.22. The van der Waals surface area contributed by atoms with Gasteiger partial charge in [0.2, 0.25) is 0 Å². The third-order valence-corrected chi connectivity index (χ3v) is 5.19. The summed E-state index contributed by atoms with van der Waals surface area (Å²) in [5, 5.41) is 0. The molecule has 0 saturated heterocycles. The molecule has 0 aromatic heterocycles. The highest BCUT2D eigenvalue weighted by molar-refractivity contribution is 6.08. The first-order chi connectivity index (χ1) is 7.12. The van der Waals surface area contributed by atoms with Crippen LogP contribution in [0.1, 0.15) is 58.3 Å². The Hall–Kier alpha value is 0.177. The Morgan fingerprint density at radius 1 is 0.800 bits per heavy atom. The number of quaternary nitrogens is 1. The fourth-order valence-corrected chi connectivity index (χ4v) is 2.15. The molecule has 0 aromatic rings. The van der Waals surface area contributed by atoms with Gasteiger partial charge >= 0.3 is 0 Å². The zero-order chi connectivity index (χ0) is 11.6. The minimum Gasteiger partial charge on any atom is -0.333 e. The summed E-state index contributed by atoms with van der Waals surface area (Å²) in [5.41, 5.74) is 0. The Morgan fingerprint density at radius 3 is 1.73 bits per heavy atom. The Kier molecular flexibility index (Phi) is 9.52. The van der Waals surface area contributed by atoms with Crippen molar-refractivity contribution in [3.05, 3.63) is 0 Å². The summed E-state index contributed by atoms with van der Waals surface area (Å²) in [6, 6.07) is 0. The Morgan fingerprint density at radius 2 is 1.27 bits per heavy atom. The summed E-state index contributed by atoms with van der Waals surface area (Å²) < 4.78 is 1.25. The normalized spacial score (nSPS) is 12.2. The van der Waals surface area contributed by atoms with E-state index < -0.39 is 0 Å². The molecule has 15 heavy (non-hydrogen) atoms. The van der Waals surface area contributed by atoms with Gasteiger partial charge in [-0.15, -0.1) is 0 Å². The first-order valence-electron chi connectivity index (χ1n) is 6.94. The summed E-state index contributed by atoms with van der Waals surface area (Å²) in [6.07, 6.45) is 12.9. The van der Waals surface area contributed by atoms with Gasteiger partial charge in [-0.2, -0.15) is 0 Å². The molecule has 1 nitrogen and oxygen atoms in total. The zero-order valence-electron chi connectivity index (χ0n) is 11.5. The number of hydrogen-bond donors (Lipinski definition) is 0. The van der Waals surface area contributed by atoms with Crippen molar-refractivity contribution < 1.29 is 4.48 Å². The Balaban J connectivity index is 3.11. The molecule has 0 aliphatic rings. The molecule has 92 valence electrons. The maximum absolute atomic E-state index is 2.37. The van der Waals surface area contributed by atoms with Crippen LogP contribution in [0.25, 0.3) is 0 Å². The third-order valence-electron chi connectivity index (χ3n) is 3.47. The second kappa shape index (κ2) is 9.41. The standard InChI is InChI=1S/C13H32NSi/c1-4-5-6-7-8-9-10-11-12-14(2,3)13-15/h4-13H2,1-3,15H3/q+1. The number of unbranched alkanes of at least 4 members (excludes halogenated alkanes) is 7. The molecular formula is C13H32NSi+. The lowest BCUT2D eigenvalue weighted by atomic mass is 10.1. The van der Waals surface area contributed by atoms with Gasteiger partial charge in [-0.25, -0.2) is 0 Å². The van der Waals surface area contributed by atoms with Crippen LogP contribution in [0.2, 0.25) is 0 Å². The molecule has 0 atom stereocenters. The van der Waals surface area contributed by atoms with E-state index in [-0.39, 0.29) is 0 Å². The highest BCUT2D eigenvalue weighted by atomic mass is 28.1. The maximum Gasteiger partial charge on any atom is 0.0779 e. The van der Waals surface area contributed by atoms with Gasteiger partial charge in [0.15, 0.2) is 0 Å². The van der Waals surface area contributed by atoms with Gasteiger partial charge in [-0.05, 0) is 12.8 Å². The van der Waals surface area contributed by atoms with Crippen LogP contribution in [0.3, 0.4) is 0 Å². The van der Waals surface area contributed by atoms with Crippen LogP contribution in [0.5, 0.6) is 0 Å². The summed E-state index contributed by atoms with van der Waals surface area (Å²) in [5.74, 6) is 0. The fourth-order valence-electron chi connectivity index (χ4n) is 1.83.